The van der Waals surface area contributed by atoms with Crippen molar-refractivity contribution in [2.24, 2.45) is 0 Å². The second-order valence-corrected chi connectivity index (χ2v) is 4.52. The largest absolute Gasteiger partial charge is 0.325 e. The average Bonchev–Trinajstić information content (AvgIpc) is 2.24. The SMILES string of the molecule is O=C(CCCCBr)Nc1cc(F)ccc1Cl. The molecule has 5 heteroatoms. The molecule has 0 saturated carbocycles. The van der Waals surface area contributed by atoms with E-state index in [0.717, 1.165) is 18.2 Å². The van der Waals surface area contributed by atoms with E-state index in [1.807, 2.05) is 0 Å². The number of benzene rings is 1. The smallest absolute Gasteiger partial charge is 0.224 e. The highest BCUT2D eigenvalue weighted by Crippen LogP contribution is 2.22. The summed E-state index contributed by atoms with van der Waals surface area (Å²) in [5.41, 5.74) is 0.325. The molecule has 0 aromatic heterocycles. The number of hydrogen-bond donors (Lipinski definition) is 1. The van der Waals surface area contributed by atoms with Gasteiger partial charge in [0.1, 0.15) is 5.82 Å². The summed E-state index contributed by atoms with van der Waals surface area (Å²) in [5.74, 6) is -0.561. The third kappa shape index (κ3) is 4.49. The summed E-state index contributed by atoms with van der Waals surface area (Å²) in [4.78, 5) is 11.4. The number of alkyl halides is 1. The Morgan fingerprint density at radius 1 is 1.44 bits per heavy atom. The maximum atomic E-state index is 12.9. The summed E-state index contributed by atoms with van der Waals surface area (Å²) >= 11 is 9.10. The lowest BCUT2D eigenvalue weighted by Gasteiger charge is -2.06. The zero-order valence-electron chi connectivity index (χ0n) is 8.60. The van der Waals surface area contributed by atoms with Crippen molar-refractivity contribution in [3.05, 3.63) is 29.0 Å². The Labute approximate surface area is 107 Å². The molecule has 0 fully saturated rings. The van der Waals surface area contributed by atoms with Gasteiger partial charge in [-0.25, -0.2) is 4.39 Å². The van der Waals surface area contributed by atoms with Crippen LogP contribution >= 0.6 is 27.5 Å². The number of amides is 1. The van der Waals surface area contributed by atoms with E-state index in [0.29, 0.717) is 17.1 Å². The molecule has 1 rings (SSSR count). The monoisotopic (exact) mass is 307 g/mol. The van der Waals surface area contributed by atoms with Gasteiger partial charge in [0.15, 0.2) is 0 Å². The average molecular weight is 309 g/mol. The van der Waals surface area contributed by atoms with E-state index in [4.69, 9.17) is 11.6 Å². The molecule has 0 radical (unpaired) electrons. The van der Waals surface area contributed by atoms with Crippen LogP contribution in [0.2, 0.25) is 5.02 Å². The van der Waals surface area contributed by atoms with Crippen LogP contribution in [-0.4, -0.2) is 11.2 Å². The normalized spacial score (nSPS) is 10.2. The van der Waals surface area contributed by atoms with E-state index in [1.54, 1.807) is 0 Å². The predicted molar refractivity (Wildman–Crippen MR) is 67.7 cm³/mol. The quantitative estimate of drug-likeness (QED) is 0.647. The van der Waals surface area contributed by atoms with Crippen molar-refractivity contribution >= 4 is 39.1 Å². The zero-order chi connectivity index (χ0) is 12.0. The van der Waals surface area contributed by atoms with Crippen LogP contribution in [0.4, 0.5) is 10.1 Å². The molecule has 0 saturated heterocycles. The number of carbonyl (C=O) groups is 1. The molecule has 1 aromatic rings. The lowest BCUT2D eigenvalue weighted by atomic mass is 10.2. The Kier molecular flexibility index (Phi) is 5.77. The van der Waals surface area contributed by atoms with Crippen LogP contribution in [0.3, 0.4) is 0 Å². The van der Waals surface area contributed by atoms with Gasteiger partial charge >= 0.3 is 0 Å². The second-order valence-electron chi connectivity index (χ2n) is 3.32. The Morgan fingerprint density at radius 3 is 2.88 bits per heavy atom. The van der Waals surface area contributed by atoms with Crippen LogP contribution in [0.5, 0.6) is 0 Å². The number of nitrogens with one attached hydrogen (secondary N) is 1. The Morgan fingerprint density at radius 2 is 2.19 bits per heavy atom. The van der Waals surface area contributed by atoms with Gasteiger partial charge in [0, 0.05) is 11.8 Å². The van der Waals surface area contributed by atoms with Crippen molar-refractivity contribution < 1.29 is 9.18 Å². The van der Waals surface area contributed by atoms with E-state index in [1.165, 1.54) is 18.2 Å². The van der Waals surface area contributed by atoms with Crippen molar-refractivity contribution in [1.82, 2.24) is 0 Å². The lowest BCUT2D eigenvalue weighted by Crippen LogP contribution is -2.11. The summed E-state index contributed by atoms with van der Waals surface area (Å²) in [6.45, 7) is 0. The number of halogens is 3. The molecule has 1 aromatic carbocycles. The second kappa shape index (κ2) is 6.86. The van der Waals surface area contributed by atoms with E-state index >= 15 is 0 Å². The van der Waals surface area contributed by atoms with Gasteiger partial charge in [0.2, 0.25) is 5.91 Å². The highest BCUT2D eigenvalue weighted by atomic mass is 79.9. The van der Waals surface area contributed by atoms with Crippen molar-refractivity contribution in [3.8, 4) is 0 Å². The van der Waals surface area contributed by atoms with Crippen LogP contribution in [0.15, 0.2) is 18.2 Å². The summed E-state index contributed by atoms with van der Waals surface area (Å²) < 4.78 is 12.9. The first-order chi connectivity index (χ1) is 7.63. The molecule has 0 spiro atoms. The highest BCUT2D eigenvalue weighted by molar-refractivity contribution is 9.09. The molecule has 0 aliphatic carbocycles. The molecule has 16 heavy (non-hydrogen) atoms. The Bertz CT molecular complexity index is 373. The number of unbranched alkanes of at least 4 members (excludes halogenated alkanes) is 1. The minimum Gasteiger partial charge on any atom is -0.325 e. The summed E-state index contributed by atoms with van der Waals surface area (Å²) in [5, 5.41) is 3.80. The van der Waals surface area contributed by atoms with Crippen molar-refractivity contribution in [2.75, 3.05) is 10.6 Å². The molecule has 0 atom stereocenters. The third-order valence-electron chi connectivity index (χ3n) is 1.99. The lowest BCUT2D eigenvalue weighted by molar-refractivity contribution is -0.116. The van der Waals surface area contributed by atoms with Crippen molar-refractivity contribution in [2.45, 2.75) is 19.3 Å². The first-order valence-electron chi connectivity index (χ1n) is 4.94. The first kappa shape index (κ1) is 13.5. The topological polar surface area (TPSA) is 29.1 Å². The van der Waals surface area contributed by atoms with Crippen molar-refractivity contribution in [3.63, 3.8) is 0 Å². The zero-order valence-corrected chi connectivity index (χ0v) is 10.9. The summed E-state index contributed by atoms with van der Waals surface area (Å²) in [7, 11) is 0. The molecule has 0 bridgehead atoms. The molecule has 88 valence electrons. The molecule has 0 unspecified atom stereocenters. The molecular formula is C11H12BrClFNO. The summed E-state index contributed by atoms with van der Waals surface area (Å²) in [6.07, 6.45) is 2.15. The molecule has 0 aliphatic heterocycles. The molecule has 0 heterocycles. The number of hydrogen-bond acceptors (Lipinski definition) is 1. The standard InChI is InChI=1S/C11H12BrClFNO/c12-6-2-1-3-11(16)15-10-7-8(14)4-5-9(10)13/h4-5,7H,1-3,6H2,(H,15,16). The van der Waals surface area contributed by atoms with Gasteiger partial charge in [-0.3, -0.25) is 4.79 Å². The van der Waals surface area contributed by atoms with Crippen LogP contribution in [0.1, 0.15) is 19.3 Å². The van der Waals surface area contributed by atoms with Gasteiger partial charge in [-0.2, -0.15) is 0 Å². The fourth-order valence-electron chi connectivity index (χ4n) is 1.19. The van der Waals surface area contributed by atoms with Gasteiger partial charge < -0.3 is 5.32 Å². The third-order valence-corrected chi connectivity index (χ3v) is 2.88. The predicted octanol–water partition coefficient (Wildman–Crippen LogP) is 3.98. The van der Waals surface area contributed by atoms with Crippen LogP contribution < -0.4 is 5.32 Å². The maximum Gasteiger partial charge on any atom is 0.224 e. The summed E-state index contributed by atoms with van der Waals surface area (Å²) in [6, 6.07) is 3.89. The molecular weight excluding hydrogens is 296 g/mol. The van der Waals surface area contributed by atoms with Gasteiger partial charge in [-0.1, -0.05) is 27.5 Å². The fraction of sp³-hybridized carbons (Fsp3) is 0.364. The van der Waals surface area contributed by atoms with Crippen LogP contribution in [0.25, 0.3) is 0 Å². The van der Waals surface area contributed by atoms with Crippen molar-refractivity contribution in [1.29, 1.82) is 0 Å². The maximum absolute atomic E-state index is 12.9. The fourth-order valence-corrected chi connectivity index (χ4v) is 1.75. The van der Waals surface area contributed by atoms with E-state index < -0.39 is 5.82 Å². The Hall–Kier alpha value is -0.610. The minimum absolute atomic E-state index is 0.145. The van der Waals surface area contributed by atoms with E-state index in [-0.39, 0.29) is 5.91 Å². The molecule has 1 amide bonds. The first-order valence-corrected chi connectivity index (χ1v) is 6.44. The minimum atomic E-state index is -0.417. The van der Waals surface area contributed by atoms with Gasteiger partial charge in [-0.05, 0) is 31.0 Å². The number of carbonyl (C=O) groups excluding carboxylic acids is 1. The van der Waals surface area contributed by atoms with Crippen LogP contribution in [0, 0.1) is 5.82 Å². The van der Waals surface area contributed by atoms with Crippen LogP contribution in [-0.2, 0) is 4.79 Å². The van der Waals surface area contributed by atoms with Gasteiger partial charge in [0.25, 0.3) is 0 Å². The molecule has 1 N–H and O–H groups in total. The number of rotatable bonds is 5. The molecule has 0 aliphatic rings. The Balaban J connectivity index is 2.52. The highest BCUT2D eigenvalue weighted by Gasteiger charge is 2.06. The van der Waals surface area contributed by atoms with Gasteiger partial charge in [0.05, 0.1) is 10.7 Å². The van der Waals surface area contributed by atoms with E-state index in [2.05, 4.69) is 21.2 Å². The van der Waals surface area contributed by atoms with Gasteiger partial charge in [-0.15, -0.1) is 0 Å². The number of anilines is 1. The molecule has 2 nitrogen and oxygen atoms in total. The van der Waals surface area contributed by atoms with E-state index in [9.17, 15) is 9.18 Å².